The Balaban J connectivity index is 2.16. The zero-order valence-electron chi connectivity index (χ0n) is 12.0. The molecular formula is C15H24N2O2. The molecule has 1 saturated heterocycles. The van der Waals surface area contributed by atoms with Gasteiger partial charge in [0.2, 0.25) is 0 Å². The fourth-order valence-electron chi connectivity index (χ4n) is 2.70. The van der Waals surface area contributed by atoms with Gasteiger partial charge in [0.25, 0.3) is 0 Å². The fraction of sp³-hybridized carbons (Fsp3) is 0.600. The Morgan fingerprint density at radius 3 is 2.68 bits per heavy atom. The highest BCUT2D eigenvalue weighted by Crippen LogP contribution is 2.30. The number of hydrogen-bond donors (Lipinski definition) is 2. The molecule has 1 heterocycles. The van der Waals surface area contributed by atoms with Crippen LogP contribution >= 0.6 is 0 Å². The van der Waals surface area contributed by atoms with Crippen molar-refractivity contribution >= 4 is 5.69 Å². The predicted octanol–water partition coefficient (Wildman–Crippen LogP) is 1.98. The first-order valence-electron chi connectivity index (χ1n) is 6.99. The number of hydrogen-bond acceptors (Lipinski definition) is 4. The molecule has 4 nitrogen and oxygen atoms in total. The standard InChI is InChI=1S/C15H24N2O2/c1-4-12-10-17(8-7-16(12)3)13-5-6-14(11(2)18)15(19)9-13/h5-6,9,11-12,18-19H,4,7-8,10H2,1-3H3. The Labute approximate surface area is 115 Å². The number of aliphatic hydroxyl groups is 1. The Bertz CT molecular complexity index is 434. The number of likely N-dealkylation sites (N-methyl/N-ethyl adjacent to an activating group) is 1. The van der Waals surface area contributed by atoms with E-state index in [2.05, 4.69) is 23.8 Å². The third-order valence-corrected chi connectivity index (χ3v) is 4.08. The average molecular weight is 264 g/mol. The average Bonchev–Trinajstić information content (AvgIpc) is 2.38. The Morgan fingerprint density at radius 1 is 1.37 bits per heavy atom. The summed E-state index contributed by atoms with van der Waals surface area (Å²) in [5, 5.41) is 19.5. The summed E-state index contributed by atoms with van der Waals surface area (Å²) < 4.78 is 0. The lowest BCUT2D eigenvalue weighted by Crippen LogP contribution is -2.51. The normalized spacial score (nSPS) is 22.5. The first kappa shape index (κ1) is 14.2. The monoisotopic (exact) mass is 264 g/mol. The number of anilines is 1. The van der Waals surface area contributed by atoms with E-state index in [-0.39, 0.29) is 5.75 Å². The molecular weight excluding hydrogens is 240 g/mol. The molecule has 1 aromatic rings. The second kappa shape index (κ2) is 5.80. The van der Waals surface area contributed by atoms with Crippen molar-refractivity contribution in [2.45, 2.75) is 32.4 Å². The van der Waals surface area contributed by atoms with Crippen molar-refractivity contribution in [2.75, 3.05) is 31.6 Å². The van der Waals surface area contributed by atoms with E-state index in [1.165, 1.54) is 0 Å². The summed E-state index contributed by atoms with van der Waals surface area (Å²) in [6.45, 7) is 6.87. The van der Waals surface area contributed by atoms with Crippen molar-refractivity contribution in [2.24, 2.45) is 0 Å². The molecule has 2 unspecified atom stereocenters. The summed E-state index contributed by atoms with van der Waals surface area (Å²) in [4.78, 5) is 4.69. The number of rotatable bonds is 3. The topological polar surface area (TPSA) is 46.9 Å². The van der Waals surface area contributed by atoms with Gasteiger partial charge in [-0.1, -0.05) is 13.0 Å². The SMILES string of the molecule is CCC1CN(c2ccc(C(C)O)c(O)c2)CCN1C. The van der Waals surface area contributed by atoms with E-state index in [9.17, 15) is 10.2 Å². The van der Waals surface area contributed by atoms with E-state index in [4.69, 9.17) is 0 Å². The Morgan fingerprint density at radius 2 is 2.11 bits per heavy atom. The van der Waals surface area contributed by atoms with E-state index in [1.54, 1.807) is 13.0 Å². The highest BCUT2D eigenvalue weighted by molar-refractivity contribution is 5.54. The lowest BCUT2D eigenvalue weighted by atomic mass is 10.1. The molecule has 2 atom stereocenters. The molecule has 0 saturated carbocycles. The number of phenols is 1. The molecule has 0 spiro atoms. The van der Waals surface area contributed by atoms with Crippen LogP contribution in [0.15, 0.2) is 18.2 Å². The summed E-state index contributed by atoms with van der Waals surface area (Å²) >= 11 is 0. The molecule has 2 rings (SSSR count). The number of benzene rings is 1. The smallest absolute Gasteiger partial charge is 0.123 e. The lowest BCUT2D eigenvalue weighted by molar-refractivity contribution is 0.195. The van der Waals surface area contributed by atoms with Gasteiger partial charge >= 0.3 is 0 Å². The molecule has 0 bridgehead atoms. The summed E-state index contributed by atoms with van der Waals surface area (Å²) in [6, 6.07) is 6.13. The van der Waals surface area contributed by atoms with E-state index < -0.39 is 6.10 Å². The summed E-state index contributed by atoms with van der Waals surface area (Å²) in [5.41, 5.74) is 1.62. The van der Waals surface area contributed by atoms with E-state index in [0.29, 0.717) is 11.6 Å². The number of aromatic hydroxyl groups is 1. The first-order valence-corrected chi connectivity index (χ1v) is 6.99. The Hall–Kier alpha value is -1.26. The van der Waals surface area contributed by atoms with Gasteiger partial charge in [0.05, 0.1) is 6.10 Å². The summed E-state index contributed by atoms with van der Waals surface area (Å²) in [5.74, 6) is 0.180. The summed E-state index contributed by atoms with van der Waals surface area (Å²) in [7, 11) is 2.17. The second-order valence-electron chi connectivity index (χ2n) is 5.41. The maximum Gasteiger partial charge on any atom is 0.123 e. The quantitative estimate of drug-likeness (QED) is 0.876. The minimum atomic E-state index is -0.634. The van der Waals surface area contributed by atoms with Gasteiger partial charge in [-0.05, 0) is 26.5 Å². The van der Waals surface area contributed by atoms with Gasteiger partial charge < -0.3 is 15.1 Å². The van der Waals surface area contributed by atoms with Crippen LogP contribution in [0.25, 0.3) is 0 Å². The number of piperazine rings is 1. The third-order valence-electron chi connectivity index (χ3n) is 4.08. The van der Waals surface area contributed by atoms with Crippen molar-refractivity contribution in [3.05, 3.63) is 23.8 Å². The maximum atomic E-state index is 9.97. The molecule has 4 heteroatoms. The van der Waals surface area contributed by atoms with Crippen molar-refractivity contribution in [3.8, 4) is 5.75 Å². The molecule has 2 N–H and O–H groups in total. The largest absolute Gasteiger partial charge is 0.507 e. The van der Waals surface area contributed by atoms with E-state index in [1.807, 2.05) is 12.1 Å². The Kier molecular flexibility index (Phi) is 4.32. The maximum absolute atomic E-state index is 9.97. The van der Waals surface area contributed by atoms with Crippen LogP contribution in [0.1, 0.15) is 31.9 Å². The number of aliphatic hydroxyl groups excluding tert-OH is 1. The lowest BCUT2D eigenvalue weighted by Gasteiger charge is -2.40. The van der Waals surface area contributed by atoms with Crippen molar-refractivity contribution in [1.82, 2.24) is 4.90 Å². The zero-order valence-corrected chi connectivity index (χ0v) is 12.0. The predicted molar refractivity (Wildman–Crippen MR) is 77.7 cm³/mol. The molecule has 0 aromatic heterocycles. The molecule has 1 fully saturated rings. The third kappa shape index (κ3) is 3.01. The highest BCUT2D eigenvalue weighted by atomic mass is 16.3. The minimum Gasteiger partial charge on any atom is -0.507 e. The van der Waals surface area contributed by atoms with Crippen LogP contribution in [0, 0.1) is 0 Å². The molecule has 19 heavy (non-hydrogen) atoms. The van der Waals surface area contributed by atoms with Crippen LogP contribution in [-0.2, 0) is 0 Å². The van der Waals surface area contributed by atoms with Crippen LogP contribution in [0.4, 0.5) is 5.69 Å². The van der Waals surface area contributed by atoms with E-state index in [0.717, 1.165) is 31.7 Å². The number of phenolic OH excluding ortho intramolecular Hbond substituents is 1. The molecule has 0 aliphatic carbocycles. The van der Waals surface area contributed by atoms with Gasteiger partial charge in [0.15, 0.2) is 0 Å². The van der Waals surface area contributed by atoms with Gasteiger partial charge in [-0.15, -0.1) is 0 Å². The summed E-state index contributed by atoms with van der Waals surface area (Å²) in [6.07, 6.45) is 0.495. The molecule has 1 aliphatic rings. The highest BCUT2D eigenvalue weighted by Gasteiger charge is 2.23. The van der Waals surface area contributed by atoms with Crippen LogP contribution in [-0.4, -0.2) is 47.8 Å². The molecule has 1 aliphatic heterocycles. The second-order valence-corrected chi connectivity index (χ2v) is 5.41. The molecule has 106 valence electrons. The number of nitrogens with zero attached hydrogens (tertiary/aromatic N) is 2. The van der Waals surface area contributed by atoms with Crippen LogP contribution in [0.5, 0.6) is 5.75 Å². The van der Waals surface area contributed by atoms with Crippen LogP contribution in [0.2, 0.25) is 0 Å². The van der Waals surface area contributed by atoms with Gasteiger partial charge in [0, 0.05) is 43.0 Å². The van der Waals surface area contributed by atoms with Crippen molar-refractivity contribution in [1.29, 1.82) is 0 Å². The molecule has 0 radical (unpaired) electrons. The van der Waals surface area contributed by atoms with Gasteiger partial charge in [-0.2, -0.15) is 0 Å². The zero-order chi connectivity index (χ0) is 14.0. The van der Waals surface area contributed by atoms with Gasteiger partial charge in [0.1, 0.15) is 5.75 Å². The minimum absolute atomic E-state index is 0.180. The van der Waals surface area contributed by atoms with Crippen molar-refractivity contribution in [3.63, 3.8) is 0 Å². The van der Waals surface area contributed by atoms with Crippen LogP contribution in [0.3, 0.4) is 0 Å². The van der Waals surface area contributed by atoms with Crippen molar-refractivity contribution < 1.29 is 10.2 Å². The molecule has 0 amide bonds. The fourth-order valence-corrected chi connectivity index (χ4v) is 2.70. The van der Waals surface area contributed by atoms with E-state index >= 15 is 0 Å². The molecule has 1 aromatic carbocycles. The first-order chi connectivity index (χ1) is 9.02. The van der Waals surface area contributed by atoms with Gasteiger partial charge in [-0.3, -0.25) is 4.90 Å². The van der Waals surface area contributed by atoms with Crippen LogP contribution < -0.4 is 4.90 Å². The van der Waals surface area contributed by atoms with Gasteiger partial charge in [-0.25, -0.2) is 0 Å².